The lowest BCUT2D eigenvalue weighted by Gasteiger charge is -2.34. The van der Waals surface area contributed by atoms with Gasteiger partial charge in [-0.1, -0.05) is 18.2 Å². The fraction of sp³-hybridized carbons (Fsp3) is 0.500. The van der Waals surface area contributed by atoms with Crippen molar-refractivity contribution in [3.05, 3.63) is 35.2 Å². The van der Waals surface area contributed by atoms with Crippen molar-refractivity contribution >= 4 is 21.4 Å². The average Bonchev–Trinajstić information content (AvgIpc) is 2.87. The maximum Gasteiger partial charge on any atom is 0.0590 e. The molecule has 3 nitrogen and oxygen atoms in total. The molecular weight excluding hydrogens is 268 g/mol. The highest BCUT2D eigenvalue weighted by Crippen LogP contribution is 2.33. The molecule has 0 aliphatic rings. The molecule has 0 saturated heterocycles. The number of thiophene rings is 1. The third-order valence-electron chi connectivity index (χ3n) is 3.71. The molecule has 0 radical (unpaired) electrons. The molecule has 20 heavy (non-hydrogen) atoms. The second-order valence-electron chi connectivity index (χ2n) is 5.26. The summed E-state index contributed by atoms with van der Waals surface area (Å²) < 4.78 is 6.57. The van der Waals surface area contributed by atoms with E-state index in [9.17, 15) is 0 Å². The maximum atomic E-state index is 6.09. The van der Waals surface area contributed by atoms with Crippen molar-refractivity contribution in [2.75, 3.05) is 26.8 Å². The standard InChI is InChI=1S/C16H24N2OS/c1-12(2)18(8-9-19-3)15(10-17)14-11-20-16-7-5-4-6-13(14)16/h4-7,11-12,15H,8-10,17H2,1-3H3. The predicted octanol–water partition coefficient (Wildman–Crippen LogP) is 3.26. The van der Waals surface area contributed by atoms with Crippen LogP contribution in [0.4, 0.5) is 0 Å². The molecule has 2 N–H and O–H groups in total. The van der Waals surface area contributed by atoms with Gasteiger partial charge in [0.15, 0.2) is 0 Å². The first-order chi connectivity index (χ1) is 9.69. The van der Waals surface area contributed by atoms with E-state index in [1.54, 1.807) is 18.4 Å². The lowest BCUT2D eigenvalue weighted by molar-refractivity contribution is 0.0986. The van der Waals surface area contributed by atoms with Gasteiger partial charge in [0.2, 0.25) is 0 Å². The molecule has 0 bridgehead atoms. The van der Waals surface area contributed by atoms with Gasteiger partial charge in [0.1, 0.15) is 0 Å². The van der Waals surface area contributed by atoms with Crippen molar-refractivity contribution in [2.45, 2.75) is 25.9 Å². The van der Waals surface area contributed by atoms with Gasteiger partial charge in [-0.25, -0.2) is 0 Å². The number of nitrogens with zero attached hydrogens (tertiary/aromatic N) is 1. The number of ether oxygens (including phenoxy) is 1. The van der Waals surface area contributed by atoms with Crippen LogP contribution in [0.1, 0.15) is 25.5 Å². The molecule has 1 unspecified atom stereocenters. The Kier molecular flexibility index (Phi) is 5.54. The summed E-state index contributed by atoms with van der Waals surface area (Å²) in [5, 5.41) is 3.58. The van der Waals surface area contributed by atoms with Crippen LogP contribution in [0.25, 0.3) is 10.1 Å². The number of methoxy groups -OCH3 is 1. The molecule has 0 aliphatic carbocycles. The highest BCUT2D eigenvalue weighted by molar-refractivity contribution is 7.17. The molecule has 110 valence electrons. The zero-order chi connectivity index (χ0) is 14.5. The second-order valence-corrected chi connectivity index (χ2v) is 6.17. The summed E-state index contributed by atoms with van der Waals surface area (Å²) in [4.78, 5) is 2.43. The zero-order valence-electron chi connectivity index (χ0n) is 12.5. The third kappa shape index (κ3) is 3.20. The smallest absolute Gasteiger partial charge is 0.0590 e. The number of rotatable bonds is 7. The van der Waals surface area contributed by atoms with Gasteiger partial charge < -0.3 is 10.5 Å². The van der Waals surface area contributed by atoms with Crippen LogP contribution in [0, 0.1) is 0 Å². The molecule has 0 aliphatic heterocycles. The van der Waals surface area contributed by atoms with Gasteiger partial charge in [-0.3, -0.25) is 4.90 Å². The number of hydrogen-bond donors (Lipinski definition) is 1. The van der Waals surface area contributed by atoms with Gasteiger partial charge >= 0.3 is 0 Å². The lowest BCUT2D eigenvalue weighted by Crippen LogP contribution is -2.40. The van der Waals surface area contributed by atoms with Crippen LogP contribution in [0.15, 0.2) is 29.6 Å². The van der Waals surface area contributed by atoms with E-state index in [-0.39, 0.29) is 6.04 Å². The van der Waals surface area contributed by atoms with Crippen LogP contribution in [-0.2, 0) is 4.74 Å². The molecule has 0 saturated carbocycles. The van der Waals surface area contributed by atoms with E-state index < -0.39 is 0 Å². The summed E-state index contributed by atoms with van der Waals surface area (Å²) in [5.74, 6) is 0. The molecule has 1 atom stereocenters. The average molecular weight is 292 g/mol. The fourth-order valence-corrected chi connectivity index (χ4v) is 3.68. The summed E-state index contributed by atoms with van der Waals surface area (Å²) >= 11 is 1.80. The topological polar surface area (TPSA) is 38.5 Å². The van der Waals surface area contributed by atoms with Gasteiger partial charge in [0.05, 0.1) is 6.61 Å². The summed E-state index contributed by atoms with van der Waals surface area (Å²) in [6.45, 7) is 6.69. The van der Waals surface area contributed by atoms with Crippen LogP contribution in [0.2, 0.25) is 0 Å². The van der Waals surface area contributed by atoms with E-state index in [0.717, 1.165) is 13.2 Å². The summed E-state index contributed by atoms with van der Waals surface area (Å²) in [6, 6.07) is 9.25. The first kappa shape index (κ1) is 15.4. The van der Waals surface area contributed by atoms with Gasteiger partial charge in [-0.2, -0.15) is 0 Å². The molecule has 0 amide bonds. The molecule has 1 aromatic heterocycles. The first-order valence-corrected chi connectivity index (χ1v) is 7.97. The Balaban J connectivity index is 2.34. The third-order valence-corrected chi connectivity index (χ3v) is 4.69. The normalized spacial score (nSPS) is 13.5. The van der Waals surface area contributed by atoms with Gasteiger partial charge in [0.25, 0.3) is 0 Å². The van der Waals surface area contributed by atoms with E-state index in [4.69, 9.17) is 10.5 Å². The van der Waals surface area contributed by atoms with Crippen molar-refractivity contribution in [2.24, 2.45) is 5.73 Å². The minimum absolute atomic E-state index is 0.251. The number of nitrogens with two attached hydrogens (primary N) is 1. The Morgan fingerprint density at radius 3 is 2.70 bits per heavy atom. The summed E-state index contributed by atoms with van der Waals surface area (Å²) in [6.07, 6.45) is 0. The predicted molar refractivity (Wildman–Crippen MR) is 87.3 cm³/mol. The van der Waals surface area contributed by atoms with E-state index in [2.05, 4.69) is 48.4 Å². The van der Waals surface area contributed by atoms with Crippen LogP contribution < -0.4 is 5.73 Å². The fourth-order valence-electron chi connectivity index (χ4n) is 2.67. The highest BCUT2D eigenvalue weighted by atomic mass is 32.1. The molecule has 2 aromatic rings. The Labute approximate surface area is 125 Å². The van der Waals surface area contributed by atoms with Crippen molar-refractivity contribution in [1.29, 1.82) is 0 Å². The van der Waals surface area contributed by atoms with Crippen molar-refractivity contribution < 1.29 is 4.74 Å². The number of fused-ring (bicyclic) bond motifs is 1. The quantitative estimate of drug-likeness (QED) is 0.851. The Morgan fingerprint density at radius 2 is 2.05 bits per heavy atom. The second kappa shape index (κ2) is 7.18. The Bertz CT molecular complexity index is 538. The number of benzene rings is 1. The molecular formula is C16H24N2OS. The SMILES string of the molecule is COCCN(C(C)C)C(CN)c1csc2ccccc12. The minimum atomic E-state index is 0.251. The molecule has 4 heteroatoms. The summed E-state index contributed by atoms with van der Waals surface area (Å²) in [7, 11) is 1.75. The monoisotopic (exact) mass is 292 g/mol. The van der Waals surface area contributed by atoms with Gasteiger partial charge in [-0.15, -0.1) is 11.3 Å². The molecule has 0 spiro atoms. The first-order valence-electron chi connectivity index (χ1n) is 7.10. The van der Waals surface area contributed by atoms with Gasteiger partial charge in [-0.05, 0) is 36.2 Å². The zero-order valence-corrected chi connectivity index (χ0v) is 13.3. The van der Waals surface area contributed by atoms with Crippen LogP contribution >= 0.6 is 11.3 Å². The van der Waals surface area contributed by atoms with E-state index in [1.807, 2.05) is 0 Å². The minimum Gasteiger partial charge on any atom is -0.383 e. The molecule has 0 fully saturated rings. The largest absolute Gasteiger partial charge is 0.383 e. The van der Waals surface area contributed by atoms with E-state index >= 15 is 0 Å². The summed E-state index contributed by atoms with van der Waals surface area (Å²) in [5.41, 5.74) is 7.43. The van der Waals surface area contributed by atoms with Crippen molar-refractivity contribution in [1.82, 2.24) is 4.90 Å². The van der Waals surface area contributed by atoms with E-state index in [1.165, 1.54) is 15.6 Å². The lowest BCUT2D eigenvalue weighted by atomic mass is 10.0. The highest BCUT2D eigenvalue weighted by Gasteiger charge is 2.23. The molecule has 1 heterocycles. The Morgan fingerprint density at radius 1 is 1.30 bits per heavy atom. The van der Waals surface area contributed by atoms with Gasteiger partial charge in [0, 0.05) is 37.0 Å². The molecule has 2 rings (SSSR count). The molecule has 1 aromatic carbocycles. The van der Waals surface area contributed by atoms with Crippen molar-refractivity contribution in [3.8, 4) is 0 Å². The van der Waals surface area contributed by atoms with E-state index in [0.29, 0.717) is 12.6 Å². The van der Waals surface area contributed by atoms with Crippen LogP contribution in [-0.4, -0.2) is 37.7 Å². The maximum absolute atomic E-state index is 6.09. The Hall–Kier alpha value is -0.940. The number of hydrogen-bond acceptors (Lipinski definition) is 4. The van der Waals surface area contributed by atoms with Crippen LogP contribution in [0.5, 0.6) is 0 Å². The van der Waals surface area contributed by atoms with Crippen molar-refractivity contribution in [3.63, 3.8) is 0 Å². The van der Waals surface area contributed by atoms with Crippen LogP contribution in [0.3, 0.4) is 0 Å².